The molecule has 0 saturated carbocycles. The van der Waals surface area contributed by atoms with Crippen LogP contribution in [0.25, 0.3) is 0 Å². The summed E-state index contributed by atoms with van der Waals surface area (Å²) in [5, 5.41) is 0. The van der Waals surface area contributed by atoms with Crippen molar-refractivity contribution in [3.8, 4) is 0 Å². The molecule has 0 aromatic heterocycles. The van der Waals surface area contributed by atoms with E-state index in [9.17, 15) is 0 Å². The molecule has 2 saturated heterocycles. The van der Waals surface area contributed by atoms with Gasteiger partial charge in [0.25, 0.3) is 0 Å². The van der Waals surface area contributed by atoms with E-state index in [4.69, 9.17) is 5.73 Å². The van der Waals surface area contributed by atoms with Crippen molar-refractivity contribution in [1.29, 1.82) is 0 Å². The molecule has 0 amide bonds. The second kappa shape index (κ2) is 6.80. The first-order valence-electron chi connectivity index (χ1n) is 8.56. The van der Waals surface area contributed by atoms with Crippen LogP contribution in [0.1, 0.15) is 44.2 Å². The standard InChI is InChI=1S/C18H29N3/c1-15(19)17-6-2-3-7-18(17)21-12-8-16(9-13-21)14-20-10-4-5-11-20/h2-3,6-7,15-16H,4-5,8-14,19H2,1H3/t15-/m0/s1. The maximum atomic E-state index is 6.12. The van der Waals surface area contributed by atoms with Gasteiger partial charge in [0, 0.05) is 31.4 Å². The number of benzene rings is 1. The zero-order valence-electron chi connectivity index (χ0n) is 13.3. The Morgan fingerprint density at radius 2 is 1.76 bits per heavy atom. The van der Waals surface area contributed by atoms with E-state index in [-0.39, 0.29) is 6.04 Å². The number of likely N-dealkylation sites (tertiary alicyclic amines) is 1. The molecule has 21 heavy (non-hydrogen) atoms. The van der Waals surface area contributed by atoms with Crippen LogP contribution in [0.15, 0.2) is 24.3 Å². The Balaban J connectivity index is 1.58. The van der Waals surface area contributed by atoms with Gasteiger partial charge in [0.15, 0.2) is 0 Å². The summed E-state index contributed by atoms with van der Waals surface area (Å²) >= 11 is 0. The summed E-state index contributed by atoms with van der Waals surface area (Å²) in [4.78, 5) is 5.20. The highest BCUT2D eigenvalue weighted by Crippen LogP contribution is 2.29. The summed E-state index contributed by atoms with van der Waals surface area (Å²) in [7, 11) is 0. The van der Waals surface area contributed by atoms with E-state index in [1.54, 1.807) is 0 Å². The molecular formula is C18H29N3. The molecule has 2 heterocycles. The number of hydrogen-bond donors (Lipinski definition) is 1. The summed E-state index contributed by atoms with van der Waals surface area (Å²) in [6.07, 6.45) is 5.45. The van der Waals surface area contributed by atoms with Crippen molar-refractivity contribution in [2.24, 2.45) is 11.7 Å². The van der Waals surface area contributed by atoms with Crippen LogP contribution in [0.4, 0.5) is 5.69 Å². The second-order valence-corrected chi connectivity index (χ2v) is 6.79. The van der Waals surface area contributed by atoms with E-state index in [2.05, 4.69) is 41.0 Å². The van der Waals surface area contributed by atoms with E-state index in [1.807, 2.05) is 0 Å². The first-order chi connectivity index (χ1) is 10.2. The summed E-state index contributed by atoms with van der Waals surface area (Å²) < 4.78 is 0. The third-order valence-corrected chi connectivity index (χ3v) is 5.10. The molecule has 2 aliphatic rings. The maximum absolute atomic E-state index is 6.12. The monoisotopic (exact) mass is 287 g/mol. The highest BCUT2D eigenvalue weighted by Gasteiger charge is 2.24. The number of piperidine rings is 1. The number of hydrogen-bond acceptors (Lipinski definition) is 3. The molecular weight excluding hydrogens is 258 g/mol. The third-order valence-electron chi connectivity index (χ3n) is 5.10. The predicted molar refractivity (Wildman–Crippen MR) is 89.7 cm³/mol. The van der Waals surface area contributed by atoms with E-state index < -0.39 is 0 Å². The molecule has 0 aliphatic carbocycles. The molecule has 1 aromatic carbocycles. The molecule has 0 unspecified atom stereocenters. The number of anilines is 1. The average molecular weight is 287 g/mol. The van der Waals surface area contributed by atoms with Gasteiger partial charge >= 0.3 is 0 Å². The van der Waals surface area contributed by atoms with Crippen LogP contribution < -0.4 is 10.6 Å². The Kier molecular flexibility index (Phi) is 4.81. The number of para-hydroxylation sites is 1. The quantitative estimate of drug-likeness (QED) is 0.924. The SMILES string of the molecule is C[C@H](N)c1ccccc1N1CCC(CN2CCCC2)CC1. The summed E-state index contributed by atoms with van der Waals surface area (Å²) in [6.45, 7) is 8.42. The molecule has 3 rings (SSSR count). The fourth-order valence-electron chi connectivity index (χ4n) is 3.85. The fraction of sp³-hybridized carbons (Fsp3) is 0.667. The minimum atomic E-state index is 0.114. The summed E-state index contributed by atoms with van der Waals surface area (Å²) in [5.41, 5.74) is 8.77. The highest BCUT2D eigenvalue weighted by molar-refractivity contribution is 5.55. The fourth-order valence-corrected chi connectivity index (χ4v) is 3.85. The molecule has 2 fully saturated rings. The Bertz CT molecular complexity index is 444. The first kappa shape index (κ1) is 14.9. The molecule has 3 nitrogen and oxygen atoms in total. The van der Waals surface area contributed by atoms with Gasteiger partial charge < -0.3 is 15.5 Å². The Labute approximate surface area is 129 Å². The third kappa shape index (κ3) is 3.58. The van der Waals surface area contributed by atoms with Crippen LogP contribution in [-0.4, -0.2) is 37.6 Å². The normalized spacial score (nSPS) is 22.7. The lowest BCUT2D eigenvalue weighted by atomic mass is 9.94. The van der Waals surface area contributed by atoms with Crippen molar-refractivity contribution in [3.05, 3.63) is 29.8 Å². The lowest BCUT2D eigenvalue weighted by Gasteiger charge is -2.36. The van der Waals surface area contributed by atoms with E-state index in [0.29, 0.717) is 0 Å². The van der Waals surface area contributed by atoms with Crippen molar-refractivity contribution in [3.63, 3.8) is 0 Å². The molecule has 116 valence electrons. The molecule has 0 bridgehead atoms. The van der Waals surface area contributed by atoms with Gasteiger partial charge in [-0.3, -0.25) is 0 Å². The molecule has 1 aromatic rings. The zero-order valence-corrected chi connectivity index (χ0v) is 13.3. The maximum Gasteiger partial charge on any atom is 0.0414 e. The van der Waals surface area contributed by atoms with Gasteiger partial charge in [-0.15, -0.1) is 0 Å². The zero-order chi connectivity index (χ0) is 14.7. The van der Waals surface area contributed by atoms with Gasteiger partial charge in [0.2, 0.25) is 0 Å². The Morgan fingerprint density at radius 3 is 2.43 bits per heavy atom. The van der Waals surface area contributed by atoms with Crippen LogP contribution in [0.3, 0.4) is 0 Å². The van der Waals surface area contributed by atoms with Crippen LogP contribution in [-0.2, 0) is 0 Å². The van der Waals surface area contributed by atoms with Gasteiger partial charge in [-0.2, -0.15) is 0 Å². The Morgan fingerprint density at radius 1 is 1.10 bits per heavy atom. The van der Waals surface area contributed by atoms with E-state index in [0.717, 1.165) is 5.92 Å². The van der Waals surface area contributed by atoms with Crippen molar-refractivity contribution in [2.45, 2.75) is 38.6 Å². The van der Waals surface area contributed by atoms with Crippen molar-refractivity contribution >= 4 is 5.69 Å². The van der Waals surface area contributed by atoms with Gasteiger partial charge in [-0.25, -0.2) is 0 Å². The minimum Gasteiger partial charge on any atom is -0.371 e. The molecule has 0 radical (unpaired) electrons. The van der Waals surface area contributed by atoms with Crippen LogP contribution in [0.5, 0.6) is 0 Å². The topological polar surface area (TPSA) is 32.5 Å². The Hall–Kier alpha value is -1.06. The summed E-state index contributed by atoms with van der Waals surface area (Å²) in [5.74, 6) is 0.891. The second-order valence-electron chi connectivity index (χ2n) is 6.79. The number of rotatable bonds is 4. The largest absolute Gasteiger partial charge is 0.371 e. The van der Waals surface area contributed by atoms with Gasteiger partial charge in [0.05, 0.1) is 0 Å². The van der Waals surface area contributed by atoms with Crippen molar-refractivity contribution < 1.29 is 0 Å². The lowest BCUT2D eigenvalue weighted by Crippen LogP contribution is -2.38. The molecule has 1 atom stereocenters. The number of nitrogens with zero attached hydrogens (tertiary/aromatic N) is 2. The van der Waals surface area contributed by atoms with Crippen molar-refractivity contribution in [1.82, 2.24) is 4.90 Å². The summed E-state index contributed by atoms with van der Waals surface area (Å²) in [6, 6.07) is 8.76. The van der Waals surface area contributed by atoms with E-state index >= 15 is 0 Å². The van der Waals surface area contributed by atoms with Crippen LogP contribution in [0, 0.1) is 5.92 Å². The lowest BCUT2D eigenvalue weighted by molar-refractivity contribution is 0.249. The molecule has 3 heteroatoms. The highest BCUT2D eigenvalue weighted by atomic mass is 15.2. The van der Waals surface area contributed by atoms with Gasteiger partial charge in [-0.1, -0.05) is 18.2 Å². The molecule has 0 spiro atoms. The van der Waals surface area contributed by atoms with Crippen LogP contribution in [0.2, 0.25) is 0 Å². The van der Waals surface area contributed by atoms with E-state index in [1.165, 1.54) is 69.7 Å². The molecule has 2 aliphatic heterocycles. The minimum absolute atomic E-state index is 0.114. The van der Waals surface area contributed by atoms with Crippen LogP contribution >= 0.6 is 0 Å². The first-order valence-corrected chi connectivity index (χ1v) is 8.56. The average Bonchev–Trinajstić information content (AvgIpc) is 3.01. The number of nitrogens with two attached hydrogens (primary N) is 1. The van der Waals surface area contributed by atoms with Gasteiger partial charge in [0.1, 0.15) is 0 Å². The predicted octanol–water partition coefficient (Wildman–Crippen LogP) is 3.02. The molecule has 2 N–H and O–H groups in total. The van der Waals surface area contributed by atoms with Gasteiger partial charge in [-0.05, 0) is 63.2 Å². The smallest absolute Gasteiger partial charge is 0.0414 e. The van der Waals surface area contributed by atoms with Crippen molar-refractivity contribution in [2.75, 3.05) is 37.6 Å².